The highest BCUT2D eigenvalue weighted by atomic mass is 35.5. The molecule has 106 valence electrons. The number of pyridine rings is 1. The molecule has 0 fully saturated rings. The molecule has 3 aromatic rings. The highest BCUT2D eigenvalue weighted by Crippen LogP contribution is 2.26. The molecule has 0 radical (unpaired) electrons. The van der Waals surface area contributed by atoms with E-state index in [1.54, 1.807) is 6.07 Å². The topological polar surface area (TPSA) is 63.8 Å². The highest BCUT2D eigenvalue weighted by Gasteiger charge is 2.09. The van der Waals surface area contributed by atoms with Gasteiger partial charge in [-0.25, -0.2) is 9.78 Å². The van der Waals surface area contributed by atoms with E-state index in [2.05, 4.69) is 4.98 Å². The third kappa shape index (κ3) is 2.83. The van der Waals surface area contributed by atoms with Gasteiger partial charge in [0.2, 0.25) is 0 Å². The molecule has 0 atom stereocenters. The minimum atomic E-state index is -1.02. The summed E-state index contributed by atoms with van der Waals surface area (Å²) in [4.78, 5) is 15.2. The number of carboxylic acids is 1. The van der Waals surface area contributed by atoms with Crippen molar-refractivity contribution in [2.24, 2.45) is 0 Å². The number of hydrogen-bond donors (Lipinski definition) is 1. The molecule has 0 bridgehead atoms. The normalized spacial score (nSPS) is 10.7. The first-order chi connectivity index (χ1) is 10.1. The monoisotopic (exact) mass is 302 g/mol. The molecule has 5 nitrogen and oxygen atoms in total. The van der Waals surface area contributed by atoms with Crippen LogP contribution in [0.4, 0.5) is 0 Å². The van der Waals surface area contributed by atoms with Crippen LogP contribution in [0.25, 0.3) is 5.65 Å². The fourth-order valence-corrected chi connectivity index (χ4v) is 2.19. The Balaban J connectivity index is 1.76. The lowest BCUT2D eigenvalue weighted by Gasteiger charge is -2.06. The number of benzene rings is 1. The summed E-state index contributed by atoms with van der Waals surface area (Å²) in [5.41, 5.74) is 1.73. The summed E-state index contributed by atoms with van der Waals surface area (Å²) in [6, 6.07) is 10.1. The van der Waals surface area contributed by atoms with Crippen LogP contribution in [0.1, 0.15) is 16.1 Å². The van der Waals surface area contributed by atoms with Crippen LogP contribution in [-0.2, 0) is 6.61 Å². The molecular weight excluding hydrogens is 292 g/mol. The molecule has 0 spiro atoms. The first-order valence-electron chi connectivity index (χ1n) is 6.22. The van der Waals surface area contributed by atoms with E-state index in [0.29, 0.717) is 5.75 Å². The maximum atomic E-state index is 10.8. The molecule has 1 aromatic carbocycles. The van der Waals surface area contributed by atoms with Crippen molar-refractivity contribution in [3.63, 3.8) is 0 Å². The molecule has 0 saturated heterocycles. The number of aromatic nitrogens is 2. The number of ether oxygens (including phenoxy) is 1. The number of nitrogens with zero attached hydrogens (tertiary/aromatic N) is 2. The van der Waals surface area contributed by atoms with Gasteiger partial charge in [0.15, 0.2) is 0 Å². The van der Waals surface area contributed by atoms with E-state index in [4.69, 9.17) is 21.4 Å². The van der Waals surface area contributed by atoms with Gasteiger partial charge in [-0.2, -0.15) is 0 Å². The van der Waals surface area contributed by atoms with E-state index in [1.807, 2.05) is 35.0 Å². The number of carbonyl (C=O) groups is 1. The van der Waals surface area contributed by atoms with Crippen LogP contribution in [0.5, 0.6) is 5.75 Å². The van der Waals surface area contributed by atoms with Gasteiger partial charge in [0.05, 0.1) is 16.3 Å². The molecule has 2 aromatic heterocycles. The zero-order valence-corrected chi connectivity index (χ0v) is 11.6. The first-order valence-corrected chi connectivity index (χ1v) is 6.59. The van der Waals surface area contributed by atoms with Crippen LogP contribution in [0.2, 0.25) is 5.02 Å². The fourth-order valence-electron chi connectivity index (χ4n) is 1.96. The molecule has 0 aliphatic heterocycles. The van der Waals surface area contributed by atoms with Crippen LogP contribution < -0.4 is 4.74 Å². The SMILES string of the molecule is O=C(O)c1ccc(OCc2cn3ccccc3n2)c(Cl)c1. The standard InChI is InChI=1S/C15H11ClN2O3/c16-12-7-10(15(19)20)4-5-13(12)21-9-11-8-18-6-2-1-3-14(18)17-11/h1-8H,9H2,(H,19,20). The third-order valence-electron chi connectivity index (χ3n) is 2.97. The Morgan fingerprint density at radius 3 is 2.90 bits per heavy atom. The lowest BCUT2D eigenvalue weighted by molar-refractivity contribution is 0.0697. The average molecular weight is 303 g/mol. The minimum absolute atomic E-state index is 0.125. The Kier molecular flexibility index (Phi) is 3.50. The van der Waals surface area contributed by atoms with E-state index in [9.17, 15) is 4.79 Å². The molecule has 21 heavy (non-hydrogen) atoms. The van der Waals surface area contributed by atoms with E-state index < -0.39 is 5.97 Å². The van der Waals surface area contributed by atoms with Crippen LogP contribution in [0, 0.1) is 0 Å². The van der Waals surface area contributed by atoms with Crippen molar-refractivity contribution in [3.8, 4) is 5.75 Å². The summed E-state index contributed by atoms with van der Waals surface area (Å²) in [5.74, 6) is -0.595. The number of fused-ring (bicyclic) bond motifs is 1. The Hall–Kier alpha value is -2.53. The van der Waals surface area contributed by atoms with Gasteiger partial charge in [-0.05, 0) is 30.3 Å². The smallest absolute Gasteiger partial charge is 0.335 e. The van der Waals surface area contributed by atoms with Crippen molar-refractivity contribution in [2.75, 3.05) is 0 Å². The van der Waals surface area contributed by atoms with E-state index >= 15 is 0 Å². The van der Waals surface area contributed by atoms with Crippen LogP contribution in [0.3, 0.4) is 0 Å². The molecule has 0 aliphatic carbocycles. The van der Waals surface area contributed by atoms with Gasteiger partial charge in [-0.15, -0.1) is 0 Å². The van der Waals surface area contributed by atoms with E-state index in [0.717, 1.165) is 11.3 Å². The molecule has 0 amide bonds. The van der Waals surface area contributed by atoms with E-state index in [-0.39, 0.29) is 17.2 Å². The maximum absolute atomic E-state index is 10.8. The molecule has 3 rings (SSSR count). The Bertz CT molecular complexity index is 781. The number of imidazole rings is 1. The predicted molar refractivity (Wildman–Crippen MR) is 77.9 cm³/mol. The van der Waals surface area contributed by atoms with Crippen molar-refractivity contribution in [1.29, 1.82) is 0 Å². The van der Waals surface area contributed by atoms with Crippen molar-refractivity contribution in [1.82, 2.24) is 9.38 Å². The minimum Gasteiger partial charge on any atom is -0.486 e. The molecule has 0 saturated carbocycles. The van der Waals surface area contributed by atoms with Crippen molar-refractivity contribution < 1.29 is 14.6 Å². The largest absolute Gasteiger partial charge is 0.486 e. The zero-order valence-electron chi connectivity index (χ0n) is 10.9. The highest BCUT2D eigenvalue weighted by molar-refractivity contribution is 6.32. The van der Waals surface area contributed by atoms with Crippen LogP contribution in [-0.4, -0.2) is 20.5 Å². The quantitative estimate of drug-likeness (QED) is 0.803. The summed E-state index contributed by atoms with van der Waals surface area (Å²) in [6.07, 6.45) is 3.77. The van der Waals surface area contributed by atoms with Gasteiger partial charge in [0.25, 0.3) is 0 Å². The fraction of sp³-hybridized carbons (Fsp3) is 0.0667. The number of aromatic carboxylic acids is 1. The van der Waals surface area contributed by atoms with E-state index in [1.165, 1.54) is 12.1 Å². The number of halogens is 1. The Morgan fingerprint density at radius 1 is 1.33 bits per heavy atom. The van der Waals surface area contributed by atoms with Gasteiger partial charge in [0.1, 0.15) is 18.0 Å². The summed E-state index contributed by atoms with van der Waals surface area (Å²) in [5, 5.41) is 9.14. The summed E-state index contributed by atoms with van der Waals surface area (Å²) in [7, 11) is 0. The number of carboxylic acid groups (broad SMARTS) is 1. The Labute approximate surface area is 125 Å². The molecular formula is C15H11ClN2O3. The zero-order chi connectivity index (χ0) is 14.8. The van der Waals surface area contributed by atoms with Crippen molar-refractivity contribution in [3.05, 3.63) is 65.1 Å². The van der Waals surface area contributed by atoms with Gasteiger partial charge in [0, 0.05) is 12.4 Å². The Morgan fingerprint density at radius 2 is 2.19 bits per heavy atom. The lowest BCUT2D eigenvalue weighted by Crippen LogP contribution is -1.99. The lowest BCUT2D eigenvalue weighted by atomic mass is 10.2. The second kappa shape index (κ2) is 5.46. The molecule has 2 heterocycles. The average Bonchev–Trinajstić information content (AvgIpc) is 2.88. The van der Waals surface area contributed by atoms with Gasteiger partial charge in [-0.3, -0.25) is 0 Å². The predicted octanol–water partition coefficient (Wildman–Crippen LogP) is 3.26. The first kappa shape index (κ1) is 13.5. The van der Waals surface area contributed by atoms with Gasteiger partial charge >= 0.3 is 5.97 Å². The molecule has 0 unspecified atom stereocenters. The summed E-state index contributed by atoms with van der Waals surface area (Å²) < 4.78 is 7.48. The maximum Gasteiger partial charge on any atom is 0.335 e. The van der Waals surface area contributed by atoms with Crippen molar-refractivity contribution in [2.45, 2.75) is 6.61 Å². The number of hydrogen-bond acceptors (Lipinski definition) is 3. The number of rotatable bonds is 4. The summed E-state index contributed by atoms with van der Waals surface area (Å²) in [6.45, 7) is 0.258. The van der Waals surface area contributed by atoms with Crippen LogP contribution >= 0.6 is 11.6 Å². The summed E-state index contributed by atoms with van der Waals surface area (Å²) >= 11 is 6.00. The molecule has 0 aliphatic rings. The van der Waals surface area contributed by atoms with Gasteiger partial charge < -0.3 is 14.2 Å². The third-order valence-corrected chi connectivity index (χ3v) is 3.26. The van der Waals surface area contributed by atoms with Gasteiger partial charge in [-0.1, -0.05) is 17.7 Å². The second-order valence-corrected chi connectivity index (χ2v) is 4.84. The van der Waals surface area contributed by atoms with Crippen LogP contribution in [0.15, 0.2) is 48.8 Å². The second-order valence-electron chi connectivity index (χ2n) is 4.44. The van der Waals surface area contributed by atoms with Crippen molar-refractivity contribution >= 4 is 23.2 Å². The molecule has 1 N–H and O–H groups in total. The molecule has 6 heteroatoms.